The molecule has 1 fully saturated rings. The number of piperidine rings is 1. The predicted molar refractivity (Wildman–Crippen MR) is 62.6 cm³/mol. The quantitative estimate of drug-likeness (QED) is 0.534. The monoisotopic (exact) mass is 196 g/mol. The van der Waals surface area contributed by atoms with Crippen LogP contribution < -0.4 is 5.32 Å². The van der Waals surface area contributed by atoms with Crippen LogP contribution in [0.3, 0.4) is 0 Å². The van der Waals surface area contributed by atoms with Crippen LogP contribution in [0.4, 0.5) is 0 Å². The number of likely N-dealkylation sites (N-methyl/N-ethyl adjacent to an activating group) is 1. The maximum Gasteiger partial charge on any atom is 0.0189 e. The Balaban J connectivity index is 2.10. The van der Waals surface area contributed by atoms with E-state index in [1.807, 2.05) is 7.05 Å². The first-order valence-corrected chi connectivity index (χ1v) is 5.84. The van der Waals surface area contributed by atoms with E-state index in [-0.39, 0.29) is 0 Å². The summed E-state index contributed by atoms with van der Waals surface area (Å²) in [7, 11) is 4.24. The smallest absolute Gasteiger partial charge is 0.0189 e. The molecule has 0 aromatic carbocycles. The number of nitrogens with one attached hydrogen (secondary N) is 1. The Morgan fingerprint density at radius 1 is 1.43 bits per heavy atom. The summed E-state index contributed by atoms with van der Waals surface area (Å²) >= 11 is 0. The summed E-state index contributed by atoms with van der Waals surface area (Å²) in [6.45, 7) is 3.63. The van der Waals surface area contributed by atoms with Crippen molar-refractivity contribution in [3.8, 4) is 0 Å². The molecule has 1 aliphatic heterocycles. The first-order valence-electron chi connectivity index (χ1n) is 5.84. The number of hydrogen-bond donors (Lipinski definition) is 1. The second-order valence-electron chi connectivity index (χ2n) is 4.30. The molecule has 0 amide bonds. The Labute approximate surface area is 88.4 Å². The van der Waals surface area contributed by atoms with Gasteiger partial charge >= 0.3 is 0 Å². The summed E-state index contributed by atoms with van der Waals surface area (Å²) in [5.74, 6) is 0. The van der Waals surface area contributed by atoms with Crippen molar-refractivity contribution < 1.29 is 0 Å². The fraction of sp³-hybridized carbons (Fsp3) is 0.833. The summed E-state index contributed by atoms with van der Waals surface area (Å²) in [6, 6.07) is 0. The third-order valence-corrected chi connectivity index (χ3v) is 2.82. The Bertz CT molecular complexity index is 175. The van der Waals surface area contributed by atoms with Crippen LogP contribution in [0.2, 0.25) is 0 Å². The van der Waals surface area contributed by atoms with Crippen LogP contribution in [-0.2, 0) is 0 Å². The molecule has 1 N–H and O–H groups in total. The highest BCUT2D eigenvalue weighted by Crippen LogP contribution is 2.15. The molecule has 14 heavy (non-hydrogen) atoms. The highest BCUT2D eigenvalue weighted by Gasteiger charge is 2.08. The van der Waals surface area contributed by atoms with Crippen molar-refractivity contribution in [3.63, 3.8) is 0 Å². The summed E-state index contributed by atoms with van der Waals surface area (Å²) < 4.78 is 0. The van der Waals surface area contributed by atoms with Gasteiger partial charge in [0.2, 0.25) is 0 Å². The largest absolute Gasteiger partial charge is 0.320 e. The molecule has 2 heteroatoms. The molecule has 0 aromatic rings. The molecule has 0 saturated carbocycles. The van der Waals surface area contributed by atoms with E-state index in [0.717, 1.165) is 6.54 Å². The SMILES string of the molecule is CNCCCC/C=C1/CCCN(C)C1. The molecule has 0 unspecified atom stereocenters. The fourth-order valence-electron chi connectivity index (χ4n) is 2.00. The molecular formula is C12H24N2. The maximum absolute atomic E-state index is 3.18. The van der Waals surface area contributed by atoms with Crippen LogP contribution in [0.1, 0.15) is 32.1 Å². The standard InChI is InChI=1S/C12H24N2/c1-13-9-5-3-4-7-12-8-6-10-14(2)11-12/h7,13H,3-6,8-11H2,1-2H3/b12-7-. The Hall–Kier alpha value is -0.340. The van der Waals surface area contributed by atoms with E-state index in [2.05, 4.69) is 23.3 Å². The highest BCUT2D eigenvalue weighted by molar-refractivity contribution is 5.06. The van der Waals surface area contributed by atoms with Gasteiger partial charge in [0, 0.05) is 6.54 Å². The predicted octanol–water partition coefficient (Wildman–Crippen LogP) is 2.03. The molecule has 0 bridgehead atoms. The fourth-order valence-corrected chi connectivity index (χ4v) is 2.00. The zero-order chi connectivity index (χ0) is 10.2. The maximum atomic E-state index is 3.18. The van der Waals surface area contributed by atoms with Crippen LogP contribution in [0, 0.1) is 0 Å². The van der Waals surface area contributed by atoms with Gasteiger partial charge in [-0.25, -0.2) is 0 Å². The van der Waals surface area contributed by atoms with Gasteiger partial charge in [-0.1, -0.05) is 11.6 Å². The van der Waals surface area contributed by atoms with Crippen molar-refractivity contribution >= 4 is 0 Å². The molecule has 1 aliphatic rings. The Kier molecular flexibility index (Phi) is 5.88. The van der Waals surface area contributed by atoms with Crippen molar-refractivity contribution in [2.45, 2.75) is 32.1 Å². The lowest BCUT2D eigenvalue weighted by atomic mass is 10.0. The van der Waals surface area contributed by atoms with Gasteiger partial charge in [-0.2, -0.15) is 0 Å². The number of rotatable bonds is 5. The van der Waals surface area contributed by atoms with E-state index in [9.17, 15) is 0 Å². The second kappa shape index (κ2) is 7.02. The van der Waals surface area contributed by atoms with Gasteiger partial charge in [0.05, 0.1) is 0 Å². The van der Waals surface area contributed by atoms with Gasteiger partial charge in [0.1, 0.15) is 0 Å². The molecule has 0 aliphatic carbocycles. The van der Waals surface area contributed by atoms with Gasteiger partial charge in [-0.05, 0) is 59.3 Å². The van der Waals surface area contributed by atoms with Gasteiger partial charge in [-0.3, -0.25) is 0 Å². The van der Waals surface area contributed by atoms with E-state index in [0.29, 0.717) is 0 Å². The molecule has 0 aromatic heterocycles. The molecule has 0 spiro atoms. The summed E-state index contributed by atoms with van der Waals surface area (Å²) in [6.07, 6.45) is 9.04. The number of allylic oxidation sites excluding steroid dienone is 1. The van der Waals surface area contributed by atoms with Crippen LogP contribution in [0.15, 0.2) is 11.6 Å². The minimum absolute atomic E-state index is 1.16. The van der Waals surface area contributed by atoms with Crippen LogP contribution in [0.25, 0.3) is 0 Å². The minimum atomic E-state index is 1.16. The van der Waals surface area contributed by atoms with Gasteiger partial charge in [-0.15, -0.1) is 0 Å². The molecular weight excluding hydrogens is 172 g/mol. The third-order valence-electron chi connectivity index (χ3n) is 2.82. The molecule has 0 radical (unpaired) electrons. The number of likely N-dealkylation sites (tertiary alicyclic amines) is 1. The van der Waals surface area contributed by atoms with Crippen molar-refractivity contribution in [2.24, 2.45) is 0 Å². The van der Waals surface area contributed by atoms with E-state index in [4.69, 9.17) is 0 Å². The van der Waals surface area contributed by atoms with E-state index in [1.54, 1.807) is 5.57 Å². The topological polar surface area (TPSA) is 15.3 Å². The highest BCUT2D eigenvalue weighted by atomic mass is 15.1. The molecule has 1 saturated heterocycles. The zero-order valence-corrected chi connectivity index (χ0v) is 9.68. The first kappa shape index (κ1) is 11.7. The van der Waals surface area contributed by atoms with Gasteiger partial charge < -0.3 is 10.2 Å². The molecule has 1 heterocycles. The molecule has 1 rings (SSSR count). The number of hydrogen-bond acceptors (Lipinski definition) is 2. The normalized spacial score (nSPS) is 21.7. The average Bonchev–Trinajstić information content (AvgIpc) is 2.18. The van der Waals surface area contributed by atoms with Crippen molar-refractivity contribution in [2.75, 3.05) is 33.7 Å². The van der Waals surface area contributed by atoms with E-state index >= 15 is 0 Å². The van der Waals surface area contributed by atoms with Crippen LogP contribution in [-0.4, -0.2) is 38.6 Å². The van der Waals surface area contributed by atoms with Crippen LogP contribution >= 0.6 is 0 Å². The molecule has 0 atom stereocenters. The van der Waals surface area contributed by atoms with E-state index in [1.165, 1.54) is 45.2 Å². The lowest BCUT2D eigenvalue weighted by Gasteiger charge is -2.24. The molecule has 82 valence electrons. The zero-order valence-electron chi connectivity index (χ0n) is 9.68. The Morgan fingerprint density at radius 3 is 3.00 bits per heavy atom. The van der Waals surface area contributed by atoms with Crippen LogP contribution in [0.5, 0.6) is 0 Å². The number of unbranched alkanes of at least 4 members (excludes halogenated alkanes) is 2. The van der Waals surface area contributed by atoms with Gasteiger partial charge in [0.25, 0.3) is 0 Å². The third kappa shape index (κ3) is 4.77. The summed E-state index contributed by atoms with van der Waals surface area (Å²) in [4.78, 5) is 2.42. The summed E-state index contributed by atoms with van der Waals surface area (Å²) in [5.41, 5.74) is 1.66. The van der Waals surface area contributed by atoms with Crippen molar-refractivity contribution in [1.29, 1.82) is 0 Å². The van der Waals surface area contributed by atoms with E-state index < -0.39 is 0 Å². The lowest BCUT2D eigenvalue weighted by Crippen LogP contribution is -2.26. The van der Waals surface area contributed by atoms with Gasteiger partial charge in [0.15, 0.2) is 0 Å². The Morgan fingerprint density at radius 2 is 2.29 bits per heavy atom. The lowest BCUT2D eigenvalue weighted by molar-refractivity contribution is 0.322. The second-order valence-corrected chi connectivity index (χ2v) is 4.30. The minimum Gasteiger partial charge on any atom is -0.320 e. The average molecular weight is 196 g/mol. The molecule has 2 nitrogen and oxygen atoms in total. The summed E-state index contributed by atoms with van der Waals surface area (Å²) in [5, 5.41) is 3.18. The first-order chi connectivity index (χ1) is 6.83. The van der Waals surface area contributed by atoms with Crippen molar-refractivity contribution in [1.82, 2.24) is 10.2 Å². The van der Waals surface area contributed by atoms with Crippen molar-refractivity contribution in [3.05, 3.63) is 11.6 Å². The number of nitrogens with zero attached hydrogens (tertiary/aromatic N) is 1.